The highest BCUT2D eigenvalue weighted by Gasteiger charge is 2.11. The standard InChI is InChI=1S/C12H11FN2OS/c1-8-10(7-17-15-8)12(16)14-6-9-4-2-3-5-11(9)13/h2-5,7H,6H2,1H3,(H,14,16). The number of nitrogens with one attached hydrogen (secondary N) is 1. The van der Waals surface area contributed by atoms with E-state index in [9.17, 15) is 9.18 Å². The van der Waals surface area contributed by atoms with E-state index in [1.807, 2.05) is 0 Å². The zero-order chi connectivity index (χ0) is 12.3. The lowest BCUT2D eigenvalue weighted by Crippen LogP contribution is -2.23. The number of carbonyl (C=O) groups excluding carboxylic acids is 1. The minimum Gasteiger partial charge on any atom is -0.348 e. The van der Waals surface area contributed by atoms with Crippen molar-refractivity contribution >= 4 is 17.4 Å². The van der Waals surface area contributed by atoms with E-state index in [2.05, 4.69) is 9.69 Å². The molecular formula is C12H11FN2OS. The summed E-state index contributed by atoms with van der Waals surface area (Å²) in [6.07, 6.45) is 0. The zero-order valence-corrected chi connectivity index (χ0v) is 10.1. The van der Waals surface area contributed by atoms with Gasteiger partial charge in [0, 0.05) is 17.5 Å². The quantitative estimate of drug-likeness (QED) is 0.909. The van der Waals surface area contributed by atoms with Crippen LogP contribution in [0.1, 0.15) is 21.6 Å². The van der Waals surface area contributed by atoms with Crippen LogP contribution in [-0.2, 0) is 6.54 Å². The van der Waals surface area contributed by atoms with Gasteiger partial charge < -0.3 is 5.32 Å². The van der Waals surface area contributed by atoms with Crippen molar-refractivity contribution in [3.8, 4) is 0 Å². The molecule has 0 bridgehead atoms. The van der Waals surface area contributed by atoms with E-state index < -0.39 is 0 Å². The van der Waals surface area contributed by atoms with Gasteiger partial charge in [-0.05, 0) is 24.5 Å². The van der Waals surface area contributed by atoms with Gasteiger partial charge in [-0.25, -0.2) is 4.39 Å². The van der Waals surface area contributed by atoms with E-state index in [0.717, 1.165) is 0 Å². The van der Waals surface area contributed by atoms with Gasteiger partial charge in [-0.3, -0.25) is 4.79 Å². The molecule has 1 heterocycles. The molecule has 1 amide bonds. The van der Waals surface area contributed by atoms with E-state index in [-0.39, 0.29) is 18.3 Å². The summed E-state index contributed by atoms with van der Waals surface area (Å²) in [5.41, 5.74) is 1.72. The third-order valence-corrected chi connectivity index (χ3v) is 3.11. The molecule has 5 heteroatoms. The number of nitrogens with zero attached hydrogens (tertiary/aromatic N) is 1. The Morgan fingerprint density at radius 2 is 2.24 bits per heavy atom. The molecule has 0 aliphatic rings. The van der Waals surface area contributed by atoms with Gasteiger partial charge >= 0.3 is 0 Å². The van der Waals surface area contributed by atoms with Crippen LogP contribution in [0.25, 0.3) is 0 Å². The third-order valence-electron chi connectivity index (χ3n) is 2.39. The largest absolute Gasteiger partial charge is 0.348 e. The van der Waals surface area contributed by atoms with Crippen LogP contribution in [0.2, 0.25) is 0 Å². The van der Waals surface area contributed by atoms with Crippen LogP contribution in [0.4, 0.5) is 4.39 Å². The molecule has 0 aliphatic carbocycles. The smallest absolute Gasteiger partial charge is 0.254 e. The number of rotatable bonds is 3. The lowest BCUT2D eigenvalue weighted by Gasteiger charge is -2.05. The number of aryl methyl sites for hydroxylation is 1. The molecule has 1 N–H and O–H groups in total. The molecule has 2 rings (SSSR count). The monoisotopic (exact) mass is 250 g/mol. The molecule has 3 nitrogen and oxygen atoms in total. The summed E-state index contributed by atoms with van der Waals surface area (Å²) >= 11 is 1.23. The molecule has 0 spiro atoms. The molecule has 0 radical (unpaired) electrons. The predicted molar refractivity (Wildman–Crippen MR) is 64.4 cm³/mol. The second-order valence-corrected chi connectivity index (χ2v) is 4.22. The number of carbonyl (C=O) groups is 1. The van der Waals surface area contributed by atoms with E-state index in [4.69, 9.17) is 0 Å². The number of halogens is 1. The van der Waals surface area contributed by atoms with Crippen molar-refractivity contribution < 1.29 is 9.18 Å². The maximum atomic E-state index is 13.3. The SMILES string of the molecule is Cc1nscc1C(=O)NCc1ccccc1F. The highest BCUT2D eigenvalue weighted by molar-refractivity contribution is 7.03. The molecule has 0 saturated carbocycles. The summed E-state index contributed by atoms with van der Waals surface area (Å²) in [6, 6.07) is 6.38. The first-order valence-electron chi connectivity index (χ1n) is 5.11. The minimum atomic E-state index is -0.312. The Kier molecular flexibility index (Phi) is 3.49. The van der Waals surface area contributed by atoms with Crippen molar-refractivity contribution in [3.05, 3.63) is 52.3 Å². The molecule has 17 heavy (non-hydrogen) atoms. The van der Waals surface area contributed by atoms with E-state index in [1.165, 1.54) is 17.6 Å². The van der Waals surface area contributed by atoms with Crippen LogP contribution in [0.15, 0.2) is 29.6 Å². The molecule has 2 aromatic rings. The summed E-state index contributed by atoms with van der Waals surface area (Å²) in [7, 11) is 0. The third kappa shape index (κ3) is 2.68. The molecule has 0 saturated heterocycles. The lowest BCUT2D eigenvalue weighted by molar-refractivity contribution is 0.0950. The Balaban J connectivity index is 2.02. The second-order valence-electron chi connectivity index (χ2n) is 3.59. The fraction of sp³-hybridized carbons (Fsp3) is 0.167. The van der Waals surface area contributed by atoms with Crippen molar-refractivity contribution in [1.29, 1.82) is 0 Å². The summed E-state index contributed by atoms with van der Waals surface area (Å²) in [4.78, 5) is 11.7. The van der Waals surface area contributed by atoms with Crippen LogP contribution in [0, 0.1) is 12.7 Å². The molecule has 0 unspecified atom stereocenters. The zero-order valence-electron chi connectivity index (χ0n) is 9.24. The van der Waals surface area contributed by atoms with Gasteiger partial charge in [0.1, 0.15) is 5.82 Å². The topological polar surface area (TPSA) is 42.0 Å². The first-order chi connectivity index (χ1) is 8.18. The highest BCUT2D eigenvalue weighted by Crippen LogP contribution is 2.10. The first kappa shape index (κ1) is 11.7. The minimum absolute atomic E-state index is 0.181. The average molecular weight is 250 g/mol. The Morgan fingerprint density at radius 1 is 1.47 bits per heavy atom. The van der Waals surface area contributed by atoms with Crippen LogP contribution in [0.5, 0.6) is 0 Å². The van der Waals surface area contributed by atoms with Crippen molar-refractivity contribution in [1.82, 2.24) is 9.69 Å². The van der Waals surface area contributed by atoms with Crippen molar-refractivity contribution in [3.63, 3.8) is 0 Å². The number of amides is 1. The Hall–Kier alpha value is -1.75. The first-order valence-corrected chi connectivity index (χ1v) is 5.94. The number of aromatic nitrogens is 1. The average Bonchev–Trinajstić information content (AvgIpc) is 2.74. The molecule has 1 aromatic carbocycles. The molecule has 88 valence electrons. The Morgan fingerprint density at radius 3 is 2.88 bits per heavy atom. The van der Waals surface area contributed by atoms with Gasteiger partial charge in [-0.15, -0.1) is 0 Å². The normalized spacial score (nSPS) is 10.2. The number of benzene rings is 1. The molecule has 0 fully saturated rings. The van der Waals surface area contributed by atoms with E-state index >= 15 is 0 Å². The summed E-state index contributed by atoms with van der Waals surface area (Å²) in [5.74, 6) is -0.535. The molecule has 1 aromatic heterocycles. The van der Waals surface area contributed by atoms with Crippen LogP contribution in [0.3, 0.4) is 0 Å². The van der Waals surface area contributed by atoms with Crippen LogP contribution >= 0.6 is 11.5 Å². The predicted octanol–water partition coefficient (Wildman–Crippen LogP) is 2.52. The van der Waals surface area contributed by atoms with Crippen molar-refractivity contribution in [2.45, 2.75) is 13.5 Å². The van der Waals surface area contributed by atoms with Gasteiger partial charge in [0.25, 0.3) is 5.91 Å². The molecule has 0 atom stereocenters. The fourth-order valence-corrected chi connectivity index (χ4v) is 2.12. The van der Waals surface area contributed by atoms with E-state index in [0.29, 0.717) is 16.8 Å². The van der Waals surface area contributed by atoms with Gasteiger partial charge in [0.2, 0.25) is 0 Å². The highest BCUT2D eigenvalue weighted by atomic mass is 32.1. The van der Waals surface area contributed by atoms with Gasteiger partial charge in [0.05, 0.1) is 11.3 Å². The molecule has 0 aliphatic heterocycles. The van der Waals surface area contributed by atoms with E-state index in [1.54, 1.807) is 30.5 Å². The second kappa shape index (κ2) is 5.05. The fourth-order valence-electron chi connectivity index (χ4n) is 1.42. The maximum Gasteiger partial charge on any atom is 0.254 e. The van der Waals surface area contributed by atoms with Gasteiger partial charge in [0.15, 0.2) is 0 Å². The Bertz CT molecular complexity index is 539. The van der Waals surface area contributed by atoms with Crippen molar-refractivity contribution in [2.24, 2.45) is 0 Å². The van der Waals surface area contributed by atoms with Crippen LogP contribution in [-0.4, -0.2) is 10.3 Å². The van der Waals surface area contributed by atoms with Crippen LogP contribution < -0.4 is 5.32 Å². The summed E-state index contributed by atoms with van der Waals surface area (Å²) in [6.45, 7) is 1.95. The maximum absolute atomic E-state index is 13.3. The summed E-state index contributed by atoms with van der Waals surface area (Å²) in [5, 5.41) is 4.36. The number of hydrogen-bond acceptors (Lipinski definition) is 3. The van der Waals surface area contributed by atoms with Crippen molar-refractivity contribution in [2.75, 3.05) is 0 Å². The lowest BCUT2D eigenvalue weighted by atomic mass is 10.2. The summed E-state index contributed by atoms with van der Waals surface area (Å²) < 4.78 is 17.3. The van der Waals surface area contributed by atoms with Gasteiger partial charge in [-0.1, -0.05) is 18.2 Å². The Labute approximate surface area is 102 Å². The van der Waals surface area contributed by atoms with Gasteiger partial charge in [-0.2, -0.15) is 4.37 Å². The molecular weight excluding hydrogens is 239 g/mol. The number of hydrogen-bond donors (Lipinski definition) is 1.